The Morgan fingerprint density at radius 3 is 2.17 bits per heavy atom. The van der Waals surface area contributed by atoms with Crippen LogP contribution in [0.3, 0.4) is 0 Å². The van der Waals surface area contributed by atoms with E-state index < -0.39 is 17.8 Å². The van der Waals surface area contributed by atoms with E-state index in [-0.39, 0.29) is 5.69 Å². The molecule has 0 radical (unpaired) electrons. The summed E-state index contributed by atoms with van der Waals surface area (Å²) < 4.78 is 42.4. The van der Waals surface area contributed by atoms with Gasteiger partial charge >= 0.3 is 12.3 Å². The summed E-state index contributed by atoms with van der Waals surface area (Å²) in [5, 5.41) is 2.38. The molecule has 0 unspecified atom stereocenters. The van der Waals surface area contributed by atoms with Crippen molar-refractivity contribution in [1.29, 1.82) is 0 Å². The number of amides is 1. The number of alkyl halides is 3. The zero-order valence-corrected chi connectivity index (χ0v) is 12.5. The van der Waals surface area contributed by atoms with Crippen LogP contribution in [-0.2, 0) is 12.6 Å². The molecule has 0 bridgehead atoms. The molecule has 0 fully saturated rings. The molecule has 1 N–H and O–H groups in total. The molecule has 6 heteroatoms. The molecule has 0 saturated heterocycles. The van der Waals surface area contributed by atoms with Crippen molar-refractivity contribution in [2.45, 2.75) is 25.9 Å². The molecule has 122 valence electrons. The molecule has 2 rings (SSSR count). The Morgan fingerprint density at radius 1 is 1.04 bits per heavy atom. The van der Waals surface area contributed by atoms with Crippen molar-refractivity contribution >= 4 is 11.8 Å². The maximum atomic E-state index is 12.4. The second-order valence-electron chi connectivity index (χ2n) is 4.98. The molecule has 0 aliphatic rings. The highest BCUT2D eigenvalue weighted by molar-refractivity contribution is 5.86. The maximum Gasteiger partial charge on any atom is 0.417 e. The van der Waals surface area contributed by atoms with Crippen molar-refractivity contribution in [1.82, 2.24) is 0 Å². The van der Waals surface area contributed by atoms with Crippen LogP contribution in [0.25, 0.3) is 0 Å². The van der Waals surface area contributed by atoms with Gasteiger partial charge in [-0.2, -0.15) is 13.2 Å². The summed E-state index contributed by atoms with van der Waals surface area (Å²) in [4.78, 5) is 11.7. The van der Waals surface area contributed by atoms with Crippen LogP contribution in [0.5, 0.6) is 5.75 Å². The van der Waals surface area contributed by atoms with Gasteiger partial charge in [0.15, 0.2) is 0 Å². The number of hydrogen-bond donors (Lipinski definition) is 1. The molecule has 0 saturated carbocycles. The lowest BCUT2D eigenvalue weighted by Gasteiger charge is -2.09. The van der Waals surface area contributed by atoms with E-state index in [2.05, 4.69) is 12.2 Å². The van der Waals surface area contributed by atoms with E-state index >= 15 is 0 Å². The minimum Gasteiger partial charge on any atom is -0.410 e. The summed E-state index contributed by atoms with van der Waals surface area (Å²) in [5.41, 5.74) is 0.594. The van der Waals surface area contributed by atoms with Crippen LogP contribution in [0, 0.1) is 0 Å². The highest BCUT2D eigenvalue weighted by Crippen LogP contribution is 2.29. The van der Waals surface area contributed by atoms with Crippen LogP contribution in [0.4, 0.5) is 23.7 Å². The quantitative estimate of drug-likeness (QED) is 0.832. The predicted molar refractivity (Wildman–Crippen MR) is 81.5 cm³/mol. The van der Waals surface area contributed by atoms with E-state index in [1.54, 1.807) is 12.1 Å². The fourth-order valence-electron chi connectivity index (χ4n) is 2.01. The number of carbonyl (C=O) groups is 1. The zero-order valence-electron chi connectivity index (χ0n) is 12.5. The number of hydrogen-bond acceptors (Lipinski definition) is 2. The van der Waals surface area contributed by atoms with E-state index in [1.165, 1.54) is 12.1 Å². The lowest BCUT2D eigenvalue weighted by Crippen LogP contribution is -2.16. The van der Waals surface area contributed by atoms with Crippen molar-refractivity contribution in [3.63, 3.8) is 0 Å². The third-order valence-corrected chi connectivity index (χ3v) is 3.13. The Morgan fingerprint density at radius 2 is 1.65 bits per heavy atom. The fraction of sp³-hybridized carbons (Fsp3) is 0.235. The van der Waals surface area contributed by atoms with Crippen LogP contribution in [0.2, 0.25) is 0 Å². The van der Waals surface area contributed by atoms with Gasteiger partial charge in [-0.05, 0) is 48.4 Å². The summed E-state index contributed by atoms with van der Waals surface area (Å²) in [6.45, 7) is 2.07. The normalized spacial score (nSPS) is 11.1. The van der Waals surface area contributed by atoms with Gasteiger partial charge in [-0.3, -0.25) is 5.32 Å². The molecule has 2 aromatic rings. The molecule has 2 aromatic carbocycles. The summed E-state index contributed by atoms with van der Waals surface area (Å²) in [6, 6.07) is 11.2. The first-order valence-electron chi connectivity index (χ1n) is 7.13. The molecule has 0 atom stereocenters. The summed E-state index contributed by atoms with van der Waals surface area (Å²) in [5.74, 6) is 0.370. The Balaban J connectivity index is 1.94. The maximum absolute atomic E-state index is 12.4. The predicted octanol–water partition coefficient (Wildman–Crippen LogP) is 5.27. The van der Waals surface area contributed by atoms with Gasteiger partial charge in [0.25, 0.3) is 0 Å². The molecule has 0 spiro atoms. The first-order valence-corrected chi connectivity index (χ1v) is 7.13. The number of anilines is 1. The van der Waals surface area contributed by atoms with Crippen molar-refractivity contribution in [2.75, 3.05) is 5.32 Å². The highest BCUT2D eigenvalue weighted by atomic mass is 19.4. The Bertz CT molecular complexity index is 649. The average molecular weight is 323 g/mol. The number of rotatable bonds is 4. The van der Waals surface area contributed by atoms with E-state index in [0.29, 0.717) is 5.75 Å². The van der Waals surface area contributed by atoms with E-state index in [0.717, 1.165) is 30.5 Å². The fourth-order valence-corrected chi connectivity index (χ4v) is 2.01. The van der Waals surface area contributed by atoms with Gasteiger partial charge in [-0.1, -0.05) is 25.5 Å². The number of ether oxygens (including phenoxy) is 1. The largest absolute Gasteiger partial charge is 0.417 e. The van der Waals surface area contributed by atoms with Crippen LogP contribution < -0.4 is 10.1 Å². The number of benzene rings is 2. The van der Waals surface area contributed by atoms with E-state index in [4.69, 9.17) is 4.74 Å². The SMILES string of the molecule is CCCc1ccc(OC(=O)Nc2ccc(C(F)(F)F)cc2)cc1. The first-order chi connectivity index (χ1) is 10.9. The topological polar surface area (TPSA) is 38.3 Å². The molecule has 0 heterocycles. The standard InChI is InChI=1S/C17H16F3NO2/c1-2-3-12-4-10-15(11-5-12)23-16(22)21-14-8-6-13(7-9-14)17(18,19)20/h4-11H,2-3H2,1H3,(H,21,22). The molecular weight excluding hydrogens is 307 g/mol. The molecule has 3 nitrogen and oxygen atoms in total. The molecule has 0 aliphatic carbocycles. The van der Waals surface area contributed by atoms with Gasteiger partial charge in [-0.25, -0.2) is 4.79 Å². The van der Waals surface area contributed by atoms with Gasteiger partial charge < -0.3 is 4.74 Å². The van der Waals surface area contributed by atoms with E-state index in [1.807, 2.05) is 12.1 Å². The summed E-state index contributed by atoms with van der Waals surface area (Å²) >= 11 is 0. The smallest absolute Gasteiger partial charge is 0.410 e. The van der Waals surface area contributed by atoms with Gasteiger partial charge in [0.1, 0.15) is 5.75 Å². The summed E-state index contributed by atoms with van der Waals surface area (Å²) in [6.07, 6.45) is -3.20. The molecule has 0 aromatic heterocycles. The zero-order chi connectivity index (χ0) is 16.9. The third-order valence-electron chi connectivity index (χ3n) is 3.13. The Kier molecular flexibility index (Phi) is 5.26. The minimum atomic E-state index is -4.40. The van der Waals surface area contributed by atoms with Crippen molar-refractivity contribution in [2.24, 2.45) is 0 Å². The first kappa shape index (κ1) is 16.9. The second-order valence-corrected chi connectivity index (χ2v) is 4.98. The van der Waals surface area contributed by atoms with E-state index in [9.17, 15) is 18.0 Å². The number of halogens is 3. The molecular formula is C17H16F3NO2. The average Bonchev–Trinajstić information content (AvgIpc) is 2.49. The highest BCUT2D eigenvalue weighted by Gasteiger charge is 2.29. The van der Waals surface area contributed by atoms with Gasteiger partial charge in [0, 0.05) is 5.69 Å². The number of carbonyl (C=O) groups excluding carboxylic acids is 1. The van der Waals surface area contributed by atoms with Crippen LogP contribution >= 0.6 is 0 Å². The minimum absolute atomic E-state index is 0.227. The monoisotopic (exact) mass is 323 g/mol. The van der Waals surface area contributed by atoms with Gasteiger partial charge in [-0.15, -0.1) is 0 Å². The second kappa shape index (κ2) is 7.17. The van der Waals surface area contributed by atoms with Crippen LogP contribution in [0.1, 0.15) is 24.5 Å². The van der Waals surface area contributed by atoms with Crippen LogP contribution in [0.15, 0.2) is 48.5 Å². The lowest BCUT2D eigenvalue weighted by atomic mass is 10.1. The van der Waals surface area contributed by atoms with Crippen molar-refractivity contribution < 1.29 is 22.7 Å². The number of nitrogens with one attached hydrogen (secondary N) is 1. The molecule has 23 heavy (non-hydrogen) atoms. The summed E-state index contributed by atoms with van der Waals surface area (Å²) in [7, 11) is 0. The third kappa shape index (κ3) is 5.02. The number of aryl methyl sites for hydroxylation is 1. The molecule has 0 aliphatic heterocycles. The van der Waals surface area contributed by atoms with Gasteiger partial charge in [0.2, 0.25) is 0 Å². The Labute approximate surface area is 132 Å². The van der Waals surface area contributed by atoms with Gasteiger partial charge in [0.05, 0.1) is 5.56 Å². The van der Waals surface area contributed by atoms with Crippen molar-refractivity contribution in [3.05, 3.63) is 59.7 Å². The lowest BCUT2D eigenvalue weighted by molar-refractivity contribution is -0.137. The van der Waals surface area contributed by atoms with Crippen molar-refractivity contribution in [3.8, 4) is 5.75 Å². The van der Waals surface area contributed by atoms with Crippen LogP contribution in [-0.4, -0.2) is 6.09 Å². The Hall–Kier alpha value is -2.50. The molecule has 1 amide bonds.